The molecule has 0 aliphatic heterocycles. The second-order valence-electron chi connectivity index (χ2n) is 5.23. The Hall–Kier alpha value is -1.47. The summed E-state index contributed by atoms with van der Waals surface area (Å²) in [5.74, 6) is -1.19. The van der Waals surface area contributed by atoms with Gasteiger partial charge in [0, 0.05) is 13.0 Å². The van der Waals surface area contributed by atoms with Crippen LogP contribution < -0.4 is 10.6 Å². The van der Waals surface area contributed by atoms with E-state index in [9.17, 15) is 22.8 Å². The highest BCUT2D eigenvalue weighted by Crippen LogP contribution is 2.39. The summed E-state index contributed by atoms with van der Waals surface area (Å²) in [5.41, 5.74) is -1.31. The second kappa shape index (κ2) is 6.32. The number of amides is 2. The van der Waals surface area contributed by atoms with Crippen LogP contribution in [-0.2, 0) is 4.79 Å². The van der Waals surface area contributed by atoms with Crippen molar-refractivity contribution >= 4 is 12.0 Å². The number of hydrogen-bond donors (Lipinski definition) is 3. The molecule has 1 atom stereocenters. The maximum atomic E-state index is 11.9. The molecule has 0 aromatic carbocycles. The summed E-state index contributed by atoms with van der Waals surface area (Å²) in [6.07, 6.45) is -3.45. The molecule has 5 nitrogen and oxygen atoms in total. The van der Waals surface area contributed by atoms with Crippen molar-refractivity contribution in [2.24, 2.45) is 5.92 Å². The summed E-state index contributed by atoms with van der Waals surface area (Å²) in [5, 5.41) is 13.9. The minimum absolute atomic E-state index is 0.0669. The molecular weight excluding hydrogens is 277 g/mol. The summed E-state index contributed by atoms with van der Waals surface area (Å²) in [7, 11) is 0. The fourth-order valence-corrected chi connectivity index (χ4v) is 1.92. The minimum atomic E-state index is -4.18. The van der Waals surface area contributed by atoms with Gasteiger partial charge in [-0.1, -0.05) is 0 Å². The van der Waals surface area contributed by atoms with Crippen molar-refractivity contribution in [3.8, 4) is 0 Å². The molecule has 1 unspecified atom stereocenters. The van der Waals surface area contributed by atoms with Crippen molar-refractivity contribution in [2.75, 3.05) is 6.54 Å². The van der Waals surface area contributed by atoms with Crippen LogP contribution in [0.3, 0.4) is 0 Å². The van der Waals surface area contributed by atoms with Gasteiger partial charge in [-0.15, -0.1) is 0 Å². The second-order valence-corrected chi connectivity index (χ2v) is 5.23. The SMILES string of the molecule is CC(NC(=O)NCCCCC(F)(F)F)(C(=O)O)C1CC1. The smallest absolute Gasteiger partial charge is 0.389 e. The molecule has 0 saturated heterocycles. The Morgan fingerprint density at radius 2 is 1.85 bits per heavy atom. The molecule has 1 fully saturated rings. The van der Waals surface area contributed by atoms with E-state index in [1.54, 1.807) is 0 Å². The summed E-state index contributed by atoms with van der Waals surface area (Å²) in [6.45, 7) is 1.53. The van der Waals surface area contributed by atoms with Crippen molar-refractivity contribution in [2.45, 2.75) is 50.7 Å². The molecule has 0 spiro atoms. The largest absolute Gasteiger partial charge is 0.480 e. The van der Waals surface area contributed by atoms with Gasteiger partial charge in [-0.3, -0.25) is 0 Å². The van der Waals surface area contributed by atoms with E-state index in [1.165, 1.54) is 6.92 Å². The van der Waals surface area contributed by atoms with Crippen LogP contribution in [0.4, 0.5) is 18.0 Å². The van der Waals surface area contributed by atoms with Gasteiger partial charge in [-0.2, -0.15) is 13.2 Å². The monoisotopic (exact) mass is 296 g/mol. The molecule has 0 bridgehead atoms. The number of carbonyl (C=O) groups excluding carboxylic acids is 1. The van der Waals surface area contributed by atoms with Gasteiger partial charge in [-0.05, 0) is 38.5 Å². The van der Waals surface area contributed by atoms with Gasteiger partial charge in [0.25, 0.3) is 0 Å². The number of aliphatic carboxylic acids is 1. The van der Waals surface area contributed by atoms with Crippen LogP contribution in [0.25, 0.3) is 0 Å². The highest BCUT2D eigenvalue weighted by atomic mass is 19.4. The van der Waals surface area contributed by atoms with E-state index in [2.05, 4.69) is 10.6 Å². The molecule has 0 aromatic rings. The molecule has 0 aromatic heterocycles. The Bertz CT molecular complexity index is 369. The molecular formula is C12H19F3N2O3. The van der Waals surface area contributed by atoms with Crippen LogP contribution in [0, 0.1) is 5.92 Å². The van der Waals surface area contributed by atoms with Crippen LogP contribution >= 0.6 is 0 Å². The Kier molecular flexibility index (Phi) is 5.24. The van der Waals surface area contributed by atoms with Crippen molar-refractivity contribution in [1.82, 2.24) is 10.6 Å². The predicted molar refractivity (Wildman–Crippen MR) is 65.2 cm³/mol. The highest BCUT2D eigenvalue weighted by molar-refractivity contribution is 5.86. The molecule has 1 aliphatic rings. The van der Waals surface area contributed by atoms with Crippen LogP contribution in [0.2, 0.25) is 0 Å². The first kappa shape index (κ1) is 16.6. The summed E-state index contributed by atoms with van der Waals surface area (Å²) >= 11 is 0. The zero-order chi connectivity index (χ0) is 15.4. The van der Waals surface area contributed by atoms with Crippen molar-refractivity contribution in [3.63, 3.8) is 0 Å². The van der Waals surface area contributed by atoms with Crippen molar-refractivity contribution in [1.29, 1.82) is 0 Å². The fourth-order valence-electron chi connectivity index (χ4n) is 1.92. The molecule has 2 amide bonds. The zero-order valence-electron chi connectivity index (χ0n) is 11.2. The standard InChI is InChI=1S/C12H19F3N2O3/c1-11(9(18)19,8-4-5-8)17-10(20)16-7-3-2-6-12(13,14)15/h8H,2-7H2,1H3,(H,18,19)(H2,16,17,20). The highest BCUT2D eigenvalue weighted by Gasteiger charge is 2.48. The first-order valence-corrected chi connectivity index (χ1v) is 6.51. The van der Waals surface area contributed by atoms with Gasteiger partial charge in [0.15, 0.2) is 0 Å². The van der Waals surface area contributed by atoms with E-state index in [4.69, 9.17) is 5.11 Å². The minimum Gasteiger partial charge on any atom is -0.480 e. The van der Waals surface area contributed by atoms with E-state index in [0.717, 1.165) is 12.8 Å². The third-order valence-electron chi connectivity index (χ3n) is 3.38. The molecule has 1 saturated carbocycles. The molecule has 1 aliphatic carbocycles. The number of nitrogens with one attached hydrogen (secondary N) is 2. The van der Waals surface area contributed by atoms with Gasteiger partial charge < -0.3 is 15.7 Å². The number of carboxylic acids is 1. The third-order valence-corrected chi connectivity index (χ3v) is 3.38. The predicted octanol–water partition coefficient (Wildman–Crippen LogP) is 2.27. The average molecular weight is 296 g/mol. The lowest BCUT2D eigenvalue weighted by Gasteiger charge is -2.26. The first-order valence-electron chi connectivity index (χ1n) is 6.51. The number of carbonyl (C=O) groups is 2. The number of carboxylic acid groups (broad SMARTS) is 1. The molecule has 116 valence electrons. The van der Waals surface area contributed by atoms with Crippen LogP contribution in [0.1, 0.15) is 39.0 Å². The van der Waals surface area contributed by atoms with Crippen LogP contribution in [0.5, 0.6) is 0 Å². The maximum Gasteiger partial charge on any atom is 0.389 e. The molecule has 20 heavy (non-hydrogen) atoms. The van der Waals surface area contributed by atoms with Crippen LogP contribution in [-0.4, -0.2) is 35.4 Å². The Labute approximate surface area is 114 Å². The van der Waals surface area contributed by atoms with Gasteiger partial charge >= 0.3 is 18.2 Å². The lowest BCUT2D eigenvalue weighted by Crippen LogP contribution is -2.56. The first-order chi connectivity index (χ1) is 9.15. The number of unbranched alkanes of at least 4 members (excludes halogenated alkanes) is 1. The van der Waals surface area contributed by atoms with E-state index < -0.39 is 30.1 Å². The number of rotatable bonds is 7. The van der Waals surface area contributed by atoms with Gasteiger partial charge in [-0.25, -0.2) is 9.59 Å². The van der Waals surface area contributed by atoms with E-state index >= 15 is 0 Å². The number of urea groups is 1. The Balaban J connectivity index is 2.24. The average Bonchev–Trinajstić information content (AvgIpc) is 3.10. The molecule has 8 heteroatoms. The molecule has 3 N–H and O–H groups in total. The van der Waals surface area contributed by atoms with E-state index in [0.29, 0.717) is 0 Å². The zero-order valence-corrected chi connectivity index (χ0v) is 11.2. The maximum absolute atomic E-state index is 11.9. The van der Waals surface area contributed by atoms with Gasteiger partial charge in [0.05, 0.1) is 0 Å². The normalized spacial score (nSPS) is 18.2. The lowest BCUT2D eigenvalue weighted by atomic mass is 9.96. The lowest BCUT2D eigenvalue weighted by molar-refractivity contribution is -0.144. The number of hydrogen-bond acceptors (Lipinski definition) is 2. The Morgan fingerprint density at radius 3 is 2.30 bits per heavy atom. The molecule has 1 rings (SSSR count). The molecule has 0 radical (unpaired) electrons. The summed E-state index contributed by atoms with van der Waals surface area (Å²) in [6, 6.07) is -0.659. The summed E-state index contributed by atoms with van der Waals surface area (Å²) < 4.78 is 35.7. The van der Waals surface area contributed by atoms with Gasteiger partial charge in [0.1, 0.15) is 5.54 Å². The van der Waals surface area contributed by atoms with Gasteiger partial charge in [0.2, 0.25) is 0 Å². The van der Waals surface area contributed by atoms with Crippen molar-refractivity contribution < 1.29 is 27.9 Å². The topological polar surface area (TPSA) is 78.4 Å². The Morgan fingerprint density at radius 1 is 1.25 bits per heavy atom. The number of alkyl halides is 3. The summed E-state index contributed by atoms with van der Waals surface area (Å²) in [4.78, 5) is 22.7. The van der Waals surface area contributed by atoms with E-state index in [-0.39, 0.29) is 25.3 Å². The molecule has 0 heterocycles. The third kappa shape index (κ3) is 5.26. The quantitative estimate of drug-likeness (QED) is 0.631. The fraction of sp³-hybridized carbons (Fsp3) is 0.833. The number of halogens is 3. The van der Waals surface area contributed by atoms with Crippen LogP contribution in [0.15, 0.2) is 0 Å². The van der Waals surface area contributed by atoms with E-state index in [1.807, 2.05) is 0 Å². The van der Waals surface area contributed by atoms with Crippen molar-refractivity contribution in [3.05, 3.63) is 0 Å².